The minimum atomic E-state index is -0.430. The van der Waals surface area contributed by atoms with E-state index in [1.54, 1.807) is 11.3 Å². The van der Waals surface area contributed by atoms with Crippen LogP contribution >= 0.6 is 11.3 Å². The van der Waals surface area contributed by atoms with Crippen molar-refractivity contribution in [2.75, 3.05) is 11.1 Å². The summed E-state index contributed by atoms with van der Waals surface area (Å²) < 4.78 is 2.50. The Bertz CT molecular complexity index is 975. The molecular weight excluding hydrogens is 336 g/mol. The Labute approximate surface area is 149 Å². The Kier molecular flexibility index (Phi) is 4.76. The first kappa shape index (κ1) is 17.0. The van der Waals surface area contributed by atoms with E-state index in [0.29, 0.717) is 6.54 Å². The standard InChI is InChI=1S/C18H20N4O2S/c1-12(14-8-9-25-11-14)20-15-16(19)22(18(24)21(2)17(15)23)10-13-6-4-3-5-7-13/h3-9,11-12,20H,10,19H2,1-2H3. The summed E-state index contributed by atoms with van der Waals surface area (Å²) in [6, 6.07) is 11.4. The second-order valence-corrected chi connectivity index (χ2v) is 6.68. The third-order valence-corrected chi connectivity index (χ3v) is 4.87. The van der Waals surface area contributed by atoms with Crippen LogP contribution in [0.15, 0.2) is 56.7 Å². The maximum absolute atomic E-state index is 12.5. The quantitative estimate of drug-likeness (QED) is 0.735. The predicted octanol–water partition coefficient (Wildman–Crippen LogP) is 2.41. The minimum Gasteiger partial charge on any atom is -0.383 e. The zero-order valence-corrected chi connectivity index (χ0v) is 14.9. The molecule has 7 heteroatoms. The van der Waals surface area contributed by atoms with Gasteiger partial charge in [0.05, 0.1) is 6.54 Å². The fourth-order valence-corrected chi connectivity index (χ4v) is 3.41. The maximum Gasteiger partial charge on any atom is 0.332 e. The minimum absolute atomic E-state index is 0.0936. The van der Waals surface area contributed by atoms with E-state index in [9.17, 15) is 9.59 Å². The molecule has 0 fully saturated rings. The van der Waals surface area contributed by atoms with Gasteiger partial charge in [-0.2, -0.15) is 11.3 Å². The highest BCUT2D eigenvalue weighted by atomic mass is 32.1. The van der Waals surface area contributed by atoms with Crippen LogP contribution < -0.4 is 22.3 Å². The molecule has 3 N–H and O–H groups in total. The lowest BCUT2D eigenvalue weighted by Crippen LogP contribution is -2.41. The van der Waals surface area contributed by atoms with Crippen molar-refractivity contribution in [2.45, 2.75) is 19.5 Å². The first-order valence-electron chi connectivity index (χ1n) is 7.91. The van der Waals surface area contributed by atoms with E-state index in [2.05, 4.69) is 5.32 Å². The van der Waals surface area contributed by atoms with Gasteiger partial charge in [0.15, 0.2) is 0 Å². The van der Waals surface area contributed by atoms with Crippen LogP contribution in [0.4, 0.5) is 11.5 Å². The Balaban J connectivity index is 2.04. The van der Waals surface area contributed by atoms with Gasteiger partial charge >= 0.3 is 5.69 Å². The first-order chi connectivity index (χ1) is 12.0. The van der Waals surface area contributed by atoms with Gasteiger partial charge in [-0.1, -0.05) is 30.3 Å². The molecule has 0 aliphatic heterocycles. The van der Waals surface area contributed by atoms with E-state index in [-0.39, 0.29) is 17.5 Å². The molecule has 0 aliphatic rings. The van der Waals surface area contributed by atoms with Gasteiger partial charge in [-0.25, -0.2) is 4.79 Å². The number of aromatic nitrogens is 2. The van der Waals surface area contributed by atoms with Gasteiger partial charge in [-0.3, -0.25) is 13.9 Å². The third-order valence-electron chi connectivity index (χ3n) is 4.17. The lowest BCUT2D eigenvalue weighted by Gasteiger charge is -2.19. The molecule has 0 radical (unpaired) electrons. The van der Waals surface area contributed by atoms with Crippen LogP contribution in [0.5, 0.6) is 0 Å². The molecule has 25 heavy (non-hydrogen) atoms. The molecule has 0 spiro atoms. The van der Waals surface area contributed by atoms with Crippen molar-refractivity contribution in [3.05, 3.63) is 79.1 Å². The number of anilines is 2. The molecule has 1 aromatic carbocycles. The van der Waals surface area contributed by atoms with Crippen molar-refractivity contribution >= 4 is 22.8 Å². The van der Waals surface area contributed by atoms with Gasteiger partial charge in [0.25, 0.3) is 5.56 Å². The molecule has 3 aromatic rings. The number of nitrogens with zero attached hydrogens (tertiary/aromatic N) is 2. The van der Waals surface area contributed by atoms with Gasteiger partial charge in [0.2, 0.25) is 0 Å². The van der Waals surface area contributed by atoms with Crippen LogP contribution in [-0.4, -0.2) is 9.13 Å². The topological polar surface area (TPSA) is 82.0 Å². The van der Waals surface area contributed by atoms with Crippen molar-refractivity contribution in [3.63, 3.8) is 0 Å². The molecule has 0 bridgehead atoms. The number of benzene rings is 1. The van der Waals surface area contributed by atoms with E-state index in [4.69, 9.17) is 5.73 Å². The first-order valence-corrected chi connectivity index (χ1v) is 8.85. The molecular formula is C18H20N4O2S. The van der Waals surface area contributed by atoms with Gasteiger partial charge in [0.1, 0.15) is 11.5 Å². The van der Waals surface area contributed by atoms with E-state index < -0.39 is 11.2 Å². The van der Waals surface area contributed by atoms with Crippen LogP contribution in [0.1, 0.15) is 24.1 Å². The van der Waals surface area contributed by atoms with E-state index in [1.165, 1.54) is 11.6 Å². The number of nitrogens with two attached hydrogens (primary N) is 1. The molecule has 6 nitrogen and oxygen atoms in total. The molecule has 0 aliphatic carbocycles. The summed E-state index contributed by atoms with van der Waals surface area (Å²) in [5.74, 6) is 0.152. The van der Waals surface area contributed by atoms with Crippen LogP contribution in [-0.2, 0) is 13.6 Å². The Morgan fingerprint density at radius 2 is 1.92 bits per heavy atom. The molecule has 0 amide bonds. The summed E-state index contributed by atoms with van der Waals surface area (Å²) in [4.78, 5) is 25.0. The van der Waals surface area contributed by atoms with Crippen LogP contribution in [0.25, 0.3) is 0 Å². The summed E-state index contributed by atoms with van der Waals surface area (Å²) >= 11 is 1.59. The summed E-state index contributed by atoms with van der Waals surface area (Å²) in [6.45, 7) is 2.26. The normalized spacial score (nSPS) is 12.1. The number of thiophene rings is 1. The zero-order chi connectivity index (χ0) is 18.0. The zero-order valence-electron chi connectivity index (χ0n) is 14.1. The van der Waals surface area contributed by atoms with Crippen LogP contribution in [0, 0.1) is 0 Å². The van der Waals surface area contributed by atoms with Gasteiger partial charge in [-0.15, -0.1) is 0 Å². The highest BCUT2D eigenvalue weighted by Gasteiger charge is 2.18. The SMILES string of the molecule is CC(Nc1c(N)n(Cc2ccccc2)c(=O)n(C)c1=O)c1ccsc1. The summed E-state index contributed by atoms with van der Waals surface area (Å²) in [7, 11) is 1.46. The van der Waals surface area contributed by atoms with Gasteiger partial charge < -0.3 is 11.1 Å². The number of hydrogen-bond acceptors (Lipinski definition) is 5. The van der Waals surface area contributed by atoms with Crippen LogP contribution in [0.2, 0.25) is 0 Å². The smallest absolute Gasteiger partial charge is 0.332 e. The number of nitrogens with one attached hydrogen (secondary N) is 1. The predicted molar refractivity (Wildman–Crippen MR) is 102 cm³/mol. The third kappa shape index (κ3) is 3.36. The van der Waals surface area contributed by atoms with Crippen LogP contribution in [0.3, 0.4) is 0 Å². The second kappa shape index (κ2) is 6.98. The average Bonchev–Trinajstić information content (AvgIpc) is 3.16. The highest BCUT2D eigenvalue weighted by molar-refractivity contribution is 7.08. The molecule has 0 saturated heterocycles. The van der Waals surface area contributed by atoms with Gasteiger partial charge in [0, 0.05) is 13.1 Å². The second-order valence-electron chi connectivity index (χ2n) is 5.90. The number of hydrogen-bond donors (Lipinski definition) is 2. The largest absolute Gasteiger partial charge is 0.383 e. The average molecular weight is 356 g/mol. The molecule has 2 aromatic heterocycles. The highest BCUT2D eigenvalue weighted by Crippen LogP contribution is 2.22. The fourth-order valence-electron chi connectivity index (χ4n) is 2.66. The maximum atomic E-state index is 12.5. The summed E-state index contributed by atoms with van der Waals surface area (Å²) in [5, 5.41) is 7.15. The molecule has 130 valence electrons. The van der Waals surface area contributed by atoms with E-state index in [0.717, 1.165) is 15.7 Å². The fraction of sp³-hybridized carbons (Fsp3) is 0.222. The lowest BCUT2D eigenvalue weighted by atomic mass is 10.2. The van der Waals surface area contributed by atoms with Gasteiger partial charge in [-0.05, 0) is 34.9 Å². The van der Waals surface area contributed by atoms with E-state index in [1.807, 2.05) is 54.1 Å². The van der Waals surface area contributed by atoms with E-state index >= 15 is 0 Å². The lowest BCUT2D eigenvalue weighted by molar-refractivity contribution is 0.654. The Morgan fingerprint density at radius 1 is 1.20 bits per heavy atom. The molecule has 1 atom stereocenters. The van der Waals surface area contributed by atoms with Crippen molar-refractivity contribution in [1.82, 2.24) is 9.13 Å². The summed E-state index contributed by atoms with van der Waals surface area (Å²) in [6.07, 6.45) is 0. The Hall–Kier alpha value is -2.80. The van der Waals surface area contributed by atoms with Crippen molar-refractivity contribution in [3.8, 4) is 0 Å². The summed E-state index contributed by atoms with van der Waals surface area (Å²) in [5.41, 5.74) is 7.59. The molecule has 2 heterocycles. The Morgan fingerprint density at radius 3 is 2.56 bits per heavy atom. The molecule has 1 unspecified atom stereocenters. The monoisotopic (exact) mass is 356 g/mol. The van der Waals surface area contributed by atoms with Crippen molar-refractivity contribution in [2.24, 2.45) is 7.05 Å². The molecule has 3 rings (SSSR count). The van der Waals surface area contributed by atoms with Crippen molar-refractivity contribution in [1.29, 1.82) is 0 Å². The van der Waals surface area contributed by atoms with Crippen molar-refractivity contribution < 1.29 is 0 Å². The molecule has 0 saturated carbocycles. The number of nitrogen functional groups attached to an aromatic ring is 1. The number of rotatable bonds is 5.